The minimum absolute atomic E-state index is 0.138. The fourth-order valence-corrected chi connectivity index (χ4v) is 7.95. The maximum atomic E-state index is 11.7. The normalized spacial score (nSPS) is 45.0. The summed E-state index contributed by atoms with van der Waals surface area (Å²) in [4.78, 5) is 16.3. The van der Waals surface area contributed by atoms with Crippen molar-refractivity contribution in [1.82, 2.24) is 4.98 Å². The molecule has 18 heavy (non-hydrogen) atoms. The van der Waals surface area contributed by atoms with Crippen LogP contribution in [0.25, 0.3) is 0 Å². The van der Waals surface area contributed by atoms with Gasteiger partial charge in [-0.15, -0.1) is 11.8 Å². The third-order valence-electron chi connectivity index (χ3n) is 5.70. The summed E-state index contributed by atoms with van der Waals surface area (Å²) in [6, 6.07) is 0. The highest BCUT2D eigenvalue weighted by atomic mass is 32.2. The molecule has 3 unspecified atom stereocenters. The zero-order valence-electron chi connectivity index (χ0n) is 10.9. The summed E-state index contributed by atoms with van der Waals surface area (Å²) in [6.45, 7) is 4.71. The van der Waals surface area contributed by atoms with Gasteiger partial charge in [-0.1, -0.05) is 25.2 Å². The Kier molecular flexibility index (Phi) is 2.36. The summed E-state index contributed by atoms with van der Waals surface area (Å²) in [7, 11) is 0. The Morgan fingerprint density at radius 3 is 2.94 bits per heavy atom. The molecule has 1 aromatic heterocycles. The standard InChI is InChI=1S/C14H19NOS2/c1-3-14(2)9-7-4-5-8(6-7)10(9)17-12-11(14)18-13(16)15-12/h7-10H,3-6H2,1-2H3,(H,15,16)/t7?,8?,9-,10?,14-/m1/s1. The van der Waals surface area contributed by atoms with Gasteiger partial charge in [0, 0.05) is 15.5 Å². The molecule has 2 saturated carbocycles. The lowest BCUT2D eigenvalue weighted by Gasteiger charge is -2.46. The van der Waals surface area contributed by atoms with Crippen LogP contribution in [0.15, 0.2) is 9.82 Å². The van der Waals surface area contributed by atoms with Crippen LogP contribution < -0.4 is 4.87 Å². The van der Waals surface area contributed by atoms with Crippen LogP contribution in [0.4, 0.5) is 0 Å². The summed E-state index contributed by atoms with van der Waals surface area (Å²) in [5.41, 5.74) is 0.245. The smallest absolute Gasteiger partial charge is 0.305 e. The molecule has 2 heterocycles. The molecule has 1 N–H and O–H groups in total. The monoisotopic (exact) mass is 281 g/mol. The number of thioether (sulfide) groups is 1. The Morgan fingerprint density at radius 2 is 2.17 bits per heavy atom. The number of aromatic amines is 1. The second kappa shape index (κ2) is 3.66. The zero-order valence-corrected chi connectivity index (χ0v) is 12.5. The van der Waals surface area contributed by atoms with Gasteiger partial charge in [0.05, 0.1) is 5.03 Å². The van der Waals surface area contributed by atoms with Crippen LogP contribution in [-0.2, 0) is 5.41 Å². The van der Waals surface area contributed by atoms with Crippen molar-refractivity contribution in [2.45, 2.75) is 55.2 Å². The number of hydrogen-bond donors (Lipinski definition) is 1. The fourth-order valence-electron chi connectivity index (χ4n) is 4.75. The van der Waals surface area contributed by atoms with Gasteiger partial charge in [-0.3, -0.25) is 4.79 Å². The lowest BCUT2D eigenvalue weighted by molar-refractivity contribution is 0.195. The van der Waals surface area contributed by atoms with Crippen LogP contribution in [0.2, 0.25) is 0 Å². The summed E-state index contributed by atoms with van der Waals surface area (Å²) in [5.74, 6) is 2.64. The third kappa shape index (κ3) is 1.29. The van der Waals surface area contributed by atoms with Gasteiger partial charge in [-0.05, 0) is 43.4 Å². The van der Waals surface area contributed by atoms with E-state index in [2.05, 4.69) is 18.8 Å². The lowest BCUT2D eigenvalue weighted by atomic mass is 9.66. The van der Waals surface area contributed by atoms with Crippen molar-refractivity contribution in [2.24, 2.45) is 17.8 Å². The Labute approximate surface area is 116 Å². The summed E-state index contributed by atoms with van der Waals surface area (Å²) in [6.07, 6.45) is 5.45. The molecular formula is C14H19NOS2. The van der Waals surface area contributed by atoms with Crippen LogP contribution in [0, 0.1) is 17.8 Å². The van der Waals surface area contributed by atoms with Crippen molar-refractivity contribution in [3.63, 3.8) is 0 Å². The largest absolute Gasteiger partial charge is 0.307 e. The van der Waals surface area contributed by atoms with Crippen LogP contribution >= 0.6 is 23.1 Å². The Morgan fingerprint density at radius 1 is 1.39 bits per heavy atom. The SMILES string of the molecule is CC[C@@]1(C)c2sc(=O)[nH]c2SC2C3CCC(C3)[C@H]21. The first-order valence-corrected chi connectivity index (χ1v) is 8.73. The van der Waals surface area contributed by atoms with Gasteiger partial charge in [0.15, 0.2) is 0 Å². The van der Waals surface area contributed by atoms with Crippen molar-refractivity contribution in [3.8, 4) is 0 Å². The van der Waals surface area contributed by atoms with Gasteiger partial charge in [0.2, 0.25) is 0 Å². The minimum atomic E-state index is 0.138. The van der Waals surface area contributed by atoms with Gasteiger partial charge in [0.1, 0.15) is 0 Å². The van der Waals surface area contributed by atoms with E-state index in [0.29, 0.717) is 0 Å². The molecule has 2 aliphatic carbocycles. The molecule has 0 amide bonds. The van der Waals surface area contributed by atoms with E-state index in [0.717, 1.165) is 23.0 Å². The molecule has 1 aliphatic heterocycles. The van der Waals surface area contributed by atoms with Gasteiger partial charge in [-0.25, -0.2) is 0 Å². The van der Waals surface area contributed by atoms with E-state index in [-0.39, 0.29) is 10.3 Å². The highest BCUT2D eigenvalue weighted by Gasteiger charge is 2.58. The molecule has 3 aliphatic rings. The number of aromatic nitrogens is 1. The average molecular weight is 281 g/mol. The molecule has 0 radical (unpaired) electrons. The number of thiazole rings is 1. The highest BCUT2D eigenvalue weighted by molar-refractivity contribution is 8.00. The van der Waals surface area contributed by atoms with Gasteiger partial charge < -0.3 is 4.98 Å². The maximum Gasteiger partial charge on any atom is 0.305 e. The van der Waals surface area contributed by atoms with E-state index in [9.17, 15) is 4.79 Å². The van der Waals surface area contributed by atoms with Crippen molar-refractivity contribution >= 4 is 23.1 Å². The molecule has 5 atom stereocenters. The molecule has 2 bridgehead atoms. The Hall–Kier alpha value is -0.220. The maximum absolute atomic E-state index is 11.7. The average Bonchev–Trinajstić information content (AvgIpc) is 3.02. The lowest BCUT2D eigenvalue weighted by Crippen LogP contribution is -2.44. The predicted molar refractivity (Wildman–Crippen MR) is 76.5 cm³/mol. The molecule has 2 nitrogen and oxygen atoms in total. The van der Waals surface area contributed by atoms with Crippen molar-refractivity contribution in [2.75, 3.05) is 0 Å². The van der Waals surface area contributed by atoms with Crippen molar-refractivity contribution in [3.05, 3.63) is 14.5 Å². The summed E-state index contributed by atoms with van der Waals surface area (Å²) < 4.78 is 0. The zero-order chi connectivity index (χ0) is 12.5. The minimum Gasteiger partial charge on any atom is -0.307 e. The van der Waals surface area contributed by atoms with Crippen LogP contribution in [0.3, 0.4) is 0 Å². The van der Waals surface area contributed by atoms with E-state index < -0.39 is 0 Å². The van der Waals surface area contributed by atoms with Crippen molar-refractivity contribution in [1.29, 1.82) is 0 Å². The van der Waals surface area contributed by atoms with Crippen LogP contribution in [-0.4, -0.2) is 10.2 Å². The van der Waals surface area contributed by atoms with E-state index >= 15 is 0 Å². The van der Waals surface area contributed by atoms with E-state index in [1.54, 1.807) is 0 Å². The van der Waals surface area contributed by atoms with E-state index in [1.807, 2.05) is 11.8 Å². The summed E-state index contributed by atoms with van der Waals surface area (Å²) >= 11 is 3.45. The molecule has 1 aromatic rings. The van der Waals surface area contributed by atoms with E-state index in [4.69, 9.17) is 0 Å². The fraction of sp³-hybridized carbons (Fsp3) is 0.786. The molecule has 98 valence electrons. The second-order valence-electron chi connectivity index (χ2n) is 6.39. The first-order chi connectivity index (χ1) is 8.63. The number of H-pyrrole nitrogens is 1. The van der Waals surface area contributed by atoms with Gasteiger partial charge in [0.25, 0.3) is 0 Å². The quantitative estimate of drug-likeness (QED) is 0.852. The second-order valence-corrected chi connectivity index (χ2v) is 8.56. The Bertz CT molecular complexity index is 548. The Balaban J connectivity index is 1.89. The van der Waals surface area contributed by atoms with Gasteiger partial charge in [-0.2, -0.15) is 0 Å². The van der Waals surface area contributed by atoms with E-state index in [1.165, 1.54) is 46.9 Å². The van der Waals surface area contributed by atoms with Gasteiger partial charge >= 0.3 is 4.87 Å². The van der Waals surface area contributed by atoms with Crippen molar-refractivity contribution < 1.29 is 0 Å². The first-order valence-electron chi connectivity index (χ1n) is 7.03. The number of fused-ring (bicyclic) bond motifs is 6. The number of rotatable bonds is 1. The molecule has 0 saturated heterocycles. The molecule has 2 fully saturated rings. The summed E-state index contributed by atoms with van der Waals surface area (Å²) in [5, 5.41) is 1.97. The van der Waals surface area contributed by atoms with Crippen LogP contribution in [0.1, 0.15) is 44.4 Å². The number of hydrogen-bond acceptors (Lipinski definition) is 3. The molecule has 4 rings (SSSR count). The van der Waals surface area contributed by atoms with Crippen LogP contribution in [0.5, 0.6) is 0 Å². The first kappa shape index (κ1) is 11.6. The highest BCUT2D eigenvalue weighted by Crippen LogP contribution is 2.64. The topological polar surface area (TPSA) is 32.9 Å². The molecule has 4 heteroatoms. The molecule has 0 spiro atoms. The molecular weight excluding hydrogens is 262 g/mol. The molecule has 0 aromatic carbocycles. The predicted octanol–water partition coefficient (Wildman–Crippen LogP) is 3.62. The number of nitrogens with one attached hydrogen (secondary N) is 1. The third-order valence-corrected chi connectivity index (χ3v) is 8.48.